The molecule has 0 unspecified atom stereocenters. The third-order valence-electron chi connectivity index (χ3n) is 5.23. The Labute approximate surface area is 162 Å². The van der Waals surface area contributed by atoms with Gasteiger partial charge in [-0.25, -0.2) is 8.42 Å². The summed E-state index contributed by atoms with van der Waals surface area (Å²) in [5, 5.41) is 6.12. The number of benzene rings is 1. The number of hydrogen-bond acceptors (Lipinski definition) is 5. The molecule has 0 saturated carbocycles. The number of amides is 1. The van der Waals surface area contributed by atoms with Crippen molar-refractivity contribution in [2.75, 3.05) is 51.1 Å². The lowest BCUT2D eigenvalue weighted by Gasteiger charge is -2.26. The van der Waals surface area contributed by atoms with Crippen LogP contribution in [0.5, 0.6) is 0 Å². The van der Waals surface area contributed by atoms with E-state index in [0.717, 1.165) is 51.9 Å². The Balaban J connectivity index is 1.72. The Morgan fingerprint density at radius 2 is 1.74 bits per heavy atom. The molecule has 0 spiro atoms. The standard InChI is InChI=1S/C19H30N4O3S/c1-16-6-7-17(21-19(24)15-22-12-8-20-9-13-22)14-18(16)27(25,26)23-10-4-2-3-5-11-23/h6-7,14,20H,2-5,8-13,15H2,1H3,(H,21,24). The minimum atomic E-state index is -3.54. The van der Waals surface area contributed by atoms with Gasteiger partial charge in [0.15, 0.2) is 0 Å². The highest BCUT2D eigenvalue weighted by molar-refractivity contribution is 7.89. The summed E-state index contributed by atoms with van der Waals surface area (Å²) < 4.78 is 27.8. The van der Waals surface area contributed by atoms with Gasteiger partial charge < -0.3 is 10.6 Å². The van der Waals surface area contributed by atoms with Gasteiger partial charge in [0.2, 0.25) is 15.9 Å². The van der Waals surface area contributed by atoms with Crippen LogP contribution in [0, 0.1) is 6.92 Å². The third-order valence-corrected chi connectivity index (χ3v) is 7.27. The van der Waals surface area contributed by atoms with Crippen molar-refractivity contribution in [3.05, 3.63) is 23.8 Å². The molecular weight excluding hydrogens is 364 g/mol. The van der Waals surface area contributed by atoms with Crippen molar-refractivity contribution in [2.45, 2.75) is 37.5 Å². The number of carbonyl (C=O) groups excluding carboxylic acids is 1. The molecule has 3 rings (SSSR count). The van der Waals surface area contributed by atoms with E-state index in [1.54, 1.807) is 29.4 Å². The number of aryl methyl sites for hydroxylation is 1. The minimum Gasteiger partial charge on any atom is -0.325 e. The Morgan fingerprint density at radius 3 is 2.41 bits per heavy atom. The number of nitrogens with one attached hydrogen (secondary N) is 2. The van der Waals surface area contributed by atoms with Gasteiger partial charge in [-0.3, -0.25) is 9.69 Å². The molecule has 27 heavy (non-hydrogen) atoms. The Bertz CT molecular complexity index is 752. The van der Waals surface area contributed by atoms with Gasteiger partial charge in [0.25, 0.3) is 0 Å². The third kappa shape index (κ3) is 5.28. The number of nitrogens with zero attached hydrogens (tertiary/aromatic N) is 2. The zero-order valence-electron chi connectivity index (χ0n) is 16.0. The van der Waals surface area contributed by atoms with Crippen LogP contribution in [-0.4, -0.2) is 69.3 Å². The molecule has 150 valence electrons. The predicted molar refractivity (Wildman–Crippen MR) is 106 cm³/mol. The molecule has 1 amide bonds. The fraction of sp³-hybridized carbons (Fsp3) is 0.632. The van der Waals surface area contributed by atoms with Crippen molar-refractivity contribution < 1.29 is 13.2 Å². The summed E-state index contributed by atoms with van der Waals surface area (Å²) in [6, 6.07) is 5.14. The number of carbonyl (C=O) groups is 1. The van der Waals surface area contributed by atoms with E-state index < -0.39 is 10.0 Å². The fourth-order valence-electron chi connectivity index (χ4n) is 3.65. The highest BCUT2D eigenvalue weighted by Crippen LogP contribution is 2.25. The highest BCUT2D eigenvalue weighted by atomic mass is 32.2. The second-order valence-corrected chi connectivity index (χ2v) is 9.28. The predicted octanol–water partition coefficient (Wildman–Crippen LogP) is 1.40. The Kier molecular flexibility index (Phi) is 6.86. The van der Waals surface area contributed by atoms with Crippen LogP contribution in [-0.2, 0) is 14.8 Å². The number of anilines is 1. The molecule has 2 heterocycles. The minimum absolute atomic E-state index is 0.112. The Hall–Kier alpha value is -1.48. The largest absolute Gasteiger partial charge is 0.325 e. The maximum atomic E-state index is 13.1. The SMILES string of the molecule is Cc1ccc(NC(=O)CN2CCNCC2)cc1S(=O)(=O)N1CCCCCC1. The van der Waals surface area contributed by atoms with Crippen LogP contribution in [0.3, 0.4) is 0 Å². The van der Waals surface area contributed by atoms with Crippen LogP contribution in [0.25, 0.3) is 0 Å². The maximum absolute atomic E-state index is 13.1. The Morgan fingerprint density at radius 1 is 1.07 bits per heavy atom. The molecular formula is C19H30N4O3S. The number of rotatable bonds is 5. The topological polar surface area (TPSA) is 81.8 Å². The first-order chi connectivity index (χ1) is 13.0. The second-order valence-electron chi connectivity index (χ2n) is 7.37. The smallest absolute Gasteiger partial charge is 0.243 e. The summed E-state index contributed by atoms with van der Waals surface area (Å²) in [6.45, 7) is 6.72. The molecule has 7 nitrogen and oxygen atoms in total. The summed E-state index contributed by atoms with van der Waals surface area (Å²) in [7, 11) is -3.54. The van der Waals surface area contributed by atoms with Crippen LogP contribution < -0.4 is 10.6 Å². The fourth-order valence-corrected chi connectivity index (χ4v) is 5.42. The maximum Gasteiger partial charge on any atom is 0.243 e. The summed E-state index contributed by atoms with van der Waals surface area (Å²) in [6.07, 6.45) is 3.96. The lowest BCUT2D eigenvalue weighted by atomic mass is 10.2. The molecule has 0 aliphatic carbocycles. The molecule has 0 radical (unpaired) electrons. The highest BCUT2D eigenvalue weighted by Gasteiger charge is 2.27. The van der Waals surface area contributed by atoms with E-state index in [4.69, 9.17) is 0 Å². The number of sulfonamides is 1. The van der Waals surface area contributed by atoms with E-state index >= 15 is 0 Å². The zero-order chi connectivity index (χ0) is 19.3. The van der Waals surface area contributed by atoms with Crippen molar-refractivity contribution in [3.8, 4) is 0 Å². The van der Waals surface area contributed by atoms with E-state index in [-0.39, 0.29) is 5.91 Å². The van der Waals surface area contributed by atoms with Gasteiger partial charge in [-0.05, 0) is 37.5 Å². The number of hydrogen-bond donors (Lipinski definition) is 2. The van der Waals surface area contributed by atoms with E-state index in [1.807, 2.05) is 0 Å². The first-order valence-corrected chi connectivity index (χ1v) is 11.2. The first-order valence-electron chi connectivity index (χ1n) is 9.80. The van der Waals surface area contributed by atoms with Crippen molar-refractivity contribution in [3.63, 3.8) is 0 Å². The van der Waals surface area contributed by atoms with Crippen LogP contribution >= 0.6 is 0 Å². The van der Waals surface area contributed by atoms with Crippen molar-refractivity contribution in [1.29, 1.82) is 0 Å². The first kappa shape index (κ1) is 20.3. The van der Waals surface area contributed by atoms with Crippen LogP contribution in [0.1, 0.15) is 31.2 Å². The summed E-state index contributed by atoms with van der Waals surface area (Å²) >= 11 is 0. The molecule has 2 fully saturated rings. The molecule has 2 aliphatic heterocycles. The van der Waals surface area contributed by atoms with Gasteiger partial charge in [-0.1, -0.05) is 18.9 Å². The van der Waals surface area contributed by atoms with E-state index in [1.165, 1.54) is 0 Å². The molecule has 1 aromatic rings. The molecule has 0 bridgehead atoms. The molecule has 1 aromatic carbocycles. The van der Waals surface area contributed by atoms with E-state index in [9.17, 15) is 13.2 Å². The van der Waals surface area contributed by atoms with Crippen molar-refractivity contribution in [2.24, 2.45) is 0 Å². The monoisotopic (exact) mass is 394 g/mol. The average Bonchev–Trinajstić information content (AvgIpc) is 2.94. The normalized spacial score (nSPS) is 20.2. The van der Waals surface area contributed by atoms with Gasteiger partial charge >= 0.3 is 0 Å². The van der Waals surface area contributed by atoms with Gasteiger partial charge in [0, 0.05) is 45.0 Å². The second kappa shape index (κ2) is 9.14. The van der Waals surface area contributed by atoms with Gasteiger partial charge in [0.05, 0.1) is 11.4 Å². The van der Waals surface area contributed by atoms with E-state index in [2.05, 4.69) is 15.5 Å². The molecule has 2 aliphatic rings. The van der Waals surface area contributed by atoms with Crippen LogP contribution in [0.15, 0.2) is 23.1 Å². The molecule has 8 heteroatoms. The molecule has 0 aromatic heterocycles. The van der Waals surface area contributed by atoms with Gasteiger partial charge in [-0.15, -0.1) is 0 Å². The summed E-state index contributed by atoms with van der Waals surface area (Å²) in [5.74, 6) is -0.112. The lowest BCUT2D eigenvalue weighted by Crippen LogP contribution is -2.46. The van der Waals surface area contributed by atoms with Crippen molar-refractivity contribution in [1.82, 2.24) is 14.5 Å². The van der Waals surface area contributed by atoms with Gasteiger partial charge in [-0.2, -0.15) is 4.31 Å². The summed E-state index contributed by atoms with van der Waals surface area (Å²) in [4.78, 5) is 14.7. The van der Waals surface area contributed by atoms with Crippen LogP contribution in [0.2, 0.25) is 0 Å². The van der Waals surface area contributed by atoms with Crippen molar-refractivity contribution >= 4 is 21.6 Å². The number of piperazine rings is 1. The van der Waals surface area contributed by atoms with Gasteiger partial charge in [0.1, 0.15) is 0 Å². The molecule has 2 N–H and O–H groups in total. The molecule has 2 saturated heterocycles. The quantitative estimate of drug-likeness (QED) is 0.789. The summed E-state index contributed by atoms with van der Waals surface area (Å²) in [5.41, 5.74) is 1.24. The van der Waals surface area contributed by atoms with E-state index in [0.29, 0.717) is 35.8 Å². The van der Waals surface area contributed by atoms with Crippen LogP contribution in [0.4, 0.5) is 5.69 Å². The zero-order valence-corrected chi connectivity index (χ0v) is 16.9. The molecule has 0 atom stereocenters. The lowest BCUT2D eigenvalue weighted by molar-refractivity contribution is -0.117. The average molecular weight is 395 g/mol.